The minimum Gasteiger partial charge on any atom is -0.330 e. The van der Waals surface area contributed by atoms with E-state index in [9.17, 15) is 4.79 Å². The lowest BCUT2D eigenvalue weighted by Crippen LogP contribution is -2.30. The van der Waals surface area contributed by atoms with E-state index in [1.807, 2.05) is 12.1 Å². The normalized spacial score (nSPS) is 14.1. The first-order valence-corrected chi connectivity index (χ1v) is 7.58. The first-order valence-electron chi connectivity index (χ1n) is 7.58. The van der Waals surface area contributed by atoms with Crippen molar-refractivity contribution in [3.8, 4) is 0 Å². The van der Waals surface area contributed by atoms with Crippen LogP contribution in [0.25, 0.3) is 0 Å². The van der Waals surface area contributed by atoms with Crippen molar-refractivity contribution in [1.29, 1.82) is 0 Å². The minimum absolute atomic E-state index is 0.0255. The summed E-state index contributed by atoms with van der Waals surface area (Å²) < 4.78 is 0. The van der Waals surface area contributed by atoms with Crippen molar-refractivity contribution in [2.75, 3.05) is 11.9 Å². The second-order valence-electron chi connectivity index (χ2n) is 5.98. The molecule has 3 nitrogen and oxygen atoms in total. The maximum absolute atomic E-state index is 12.2. The molecule has 1 aromatic rings. The number of amides is 1. The van der Waals surface area contributed by atoms with E-state index < -0.39 is 0 Å². The molecule has 1 rings (SSSR count). The fourth-order valence-electron chi connectivity index (χ4n) is 2.25. The molecule has 0 bridgehead atoms. The molecule has 1 aromatic carbocycles. The maximum atomic E-state index is 12.2. The van der Waals surface area contributed by atoms with Gasteiger partial charge in [0.05, 0.1) is 5.92 Å². The number of hydrogen-bond donors (Lipinski definition) is 2. The molecule has 3 N–H and O–H groups in total. The first-order chi connectivity index (χ1) is 9.47. The van der Waals surface area contributed by atoms with Gasteiger partial charge in [-0.25, -0.2) is 0 Å². The van der Waals surface area contributed by atoms with Crippen molar-refractivity contribution >= 4 is 11.6 Å². The van der Waals surface area contributed by atoms with Gasteiger partial charge in [-0.05, 0) is 42.4 Å². The van der Waals surface area contributed by atoms with Crippen LogP contribution in [0.4, 0.5) is 5.69 Å². The van der Waals surface area contributed by atoms with Crippen LogP contribution >= 0.6 is 0 Å². The molecule has 20 heavy (non-hydrogen) atoms. The van der Waals surface area contributed by atoms with Crippen molar-refractivity contribution in [3.05, 3.63) is 29.8 Å². The first kappa shape index (κ1) is 16.7. The Kier molecular flexibility index (Phi) is 6.73. The van der Waals surface area contributed by atoms with Crippen LogP contribution in [-0.4, -0.2) is 12.5 Å². The van der Waals surface area contributed by atoms with Gasteiger partial charge in [0.2, 0.25) is 5.91 Å². The van der Waals surface area contributed by atoms with E-state index in [2.05, 4.69) is 45.1 Å². The van der Waals surface area contributed by atoms with Crippen LogP contribution in [0, 0.1) is 11.8 Å². The molecule has 2 atom stereocenters. The summed E-state index contributed by atoms with van der Waals surface area (Å²) in [5.74, 6) is 0.946. The van der Waals surface area contributed by atoms with Crippen LogP contribution in [0.15, 0.2) is 24.3 Å². The summed E-state index contributed by atoms with van der Waals surface area (Å²) in [5, 5.41) is 2.96. The number of nitrogens with two attached hydrogens (primary N) is 1. The zero-order valence-electron chi connectivity index (χ0n) is 13.1. The largest absolute Gasteiger partial charge is 0.330 e. The van der Waals surface area contributed by atoms with Crippen molar-refractivity contribution in [1.82, 2.24) is 0 Å². The molecule has 0 aliphatic rings. The molecule has 2 unspecified atom stereocenters. The standard InChI is InChI=1S/C17H28N2O/c1-5-13(4)14-6-8-16(9-7-14)19-17(20)15(11-18)10-12(2)3/h6-9,12-13,15H,5,10-11,18H2,1-4H3,(H,19,20). The maximum Gasteiger partial charge on any atom is 0.228 e. The smallest absolute Gasteiger partial charge is 0.228 e. The fourth-order valence-corrected chi connectivity index (χ4v) is 2.25. The van der Waals surface area contributed by atoms with E-state index >= 15 is 0 Å². The van der Waals surface area contributed by atoms with Gasteiger partial charge < -0.3 is 11.1 Å². The third kappa shape index (κ3) is 4.97. The number of hydrogen-bond acceptors (Lipinski definition) is 2. The number of anilines is 1. The predicted molar refractivity (Wildman–Crippen MR) is 85.8 cm³/mol. The van der Waals surface area contributed by atoms with Gasteiger partial charge in [-0.15, -0.1) is 0 Å². The third-order valence-corrected chi connectivity index (χ3v) is 3.77. The summed E-state index contributed by atoms with van der Waals surface area (Å²) in [6.07, 6.45) is 1.95. The van der Waals surface area contributed by atoms with Gasteiger partial charge in [0, 0.05) is 12.2 Å². The Morgan fingerprint density at radius 2 is 1.80 bits per heavy atom. The van der Waals surface area contributed by atoms with E-state index in [4.69, 9.17) is 5.73 Å². The Bertz CT molecular complexity index is 412. The van der Waals surface area contributed by atoms with E-state index in [-0.39, 0.29) is 11.8 Å². The Hall–Kier alpha value is -1.35. The molecule has 0 aliphatic carbocycles. The topological polar surface area (TPSA) is 55.1 Å². The van der Waals surface area contributed by atoms with Crippen LogP contribution in [0.3, 0.4) is 0 Å². The Morgan fingerprint density at radius 3 is 2.25 bits per heavy atom. The average Bonchev–Trinajstić information content (AvgIpc) is 2.44. The number of carbonyl (C=O) groups excluding carboxylic acids is 1. The lowest BCUT2D eigenvalue weighted by atomic mass is 9.96. The molecule has 1 amide bonds. The van der Waals surface area contributed by atoms with Crippen LogP contribution in [0.2, 0.25) is 0 Å². The zero-order chi connectivity index (χ0) is 15.1. The summed E-state index contributed by atoms with van der Waals surface area (Å²) in [7, 11) is 0. The van der Waals surface area contributed by atoms with Gasteiger partial charge in [0.1, 0.15) is 0 Å². The summed E-state index contributed by atoms with van der Waals surface area (Å²) in [4.78, 5) is 12.2. The molecule has 0 saturated heterocycles. The van der Waals surface area contributed by atoms with Crippen LogP contribution in [0.1, 0.15) is 52.0 Å². The molecule has 0 aromatic heterocycles. The highest BCUT2D eigenvalue weighted by molar-refractivity contribution is 5.92. The minimum atomic E-state index is -0.107. The molecular weight excluding hydrogens is 248 g/mol. The van der Waals surface area contributed by atoms with Crippen molar-refractivity contribution in [2.45, 2.75) is 46.5 Å². The molecule has 0 heterocycles. The zero-order valence-corrected chi connectivity index (χ0v) is 13.1. The second kappa shape index (κ2) is 8.05. The molecular formula is C17H28N2O. The average molecular weight is 276 g/mol. The Morgan fingerprint density at radius 1 is 1.20 bits per heavy atom. The van der Waals surface area contributed by atoms with Gasteiger partial charge in [0.25, 0.3) is 0 Å². The molecule has 0 saturated carbocycles. The molecule has 0 radical (unpaired) electrons. The highest BCUT2D eigenvalue weighted by Gasteiger charge is 2.18. The van der Waals surface area contributed by atoms with Crippen molar-refractivity contribution in [3.63, 3.8) is 0 Å². The Balaban J connectivity index is 2.65. The van der Waals surface area contributed by atoms with Crippen LogP contribution in [-0.2, 0) is 4.79 Å². The lowest BCUT2D eigenvalue weighted by Gasteiger charge is -2.17. The van der Waals surface area contributed by atoms with Crippen molar-refractivity contribution in [2.24, 2.45) is 17.6 Å². The summed E-state index contributed by atoms with van der Waals surface area (Å²) in [5.41, 5.74) is 7.86. The number of benzene rings is 1. The number of rotatable bonds is 7. The van der Waals surface area contributed by atoms with Gasteiger partial charge in [-0.1, -0.05) is 39.8 Å². The van der Waals surface area contributed by atoms with E-state index in [1.165, 1.54) is 5.56 Å². The highest BCUT2D eigenvalue weighted by Crippen LogP contribution is 2.21. The number of carbonyl (C=O) groups is 1. The van der Waals surface area contributed by atoms with Crippen LogP contribution < -0.4 is 11.1 Å². The lowest BCUT2D eigenvalue weighted by molar-refractivity contribution is -0.120. The second-order valence-corrected chi connectivity index (χ2v) is 5.98. The van der Waals surface area contributed by atoms with Crippen molar-refractivity contribution < 1.29 is 4.79 Å². The molecule has 0 fully saturated rings. The van der Waals surface area contributed by atoms with Gasteiger partial charge in [-0.2, -0.15) is 0 Å². The summed E-state index contributed by atoms with van der Waals surface area (Å²) >= 11 is 0. The quantitative estimate of drug-likeness (QED) is 0.796. The molecule has 0 spiro atoms. The van der Waals surface area contributed by atoms with E-state index in [0.29, 0.717) is 18.4 Å². The monoisotopic (exact) mass is 276 g/mol. The Labute approximate surface area is 122 Å². The van der Waals surface area contributed by atoms with E-state index in [1.54, 1.807) is 0 Å². The van der Waals surface area contributed by atoms with Gasteiger partial charge in [0.15, 0.2) is 0 Å². The molecule has 0 aliphatic heterocycles. The highest BCUT2D eigenvalue weighted by atomic mass is 16.1. The van der Waals surface area contributed by atoms with Crippen LogP contribution in [0.5, 0.6) is 0 Å². The number of nitrogens with one attached hydrogen (secondary N) is 1. The predicted octanol–water partition coefficient (Wildman–Crippen LogP) is 3.76. The third-order valence-electron chi connectivity index (χ3n) is 3.77. The SMILES string of the molecule is CCC(C)c1ccc(NC(=O)C(CN)CC(C)C)cc1. The molecule has 3 heteroatoms. The van der Waals surface area contributed by atoms with E-state index in [0.717, 1.165) is 18.5 Å². The fraction of sp³-hybridized carbons (Fsp3) is 0.588. The summed E-state index contributed by atoms with van der Waals surface area (Å²) in [6, 6.07) is 8.12. The summed E-state index contributed by atoms with van der Waals surface area (Å²) in [6.45, 7) is 9.00. The van der Waals surface area contributed by atoms with Gasteiger partial charge >= 0.3 is 0 Å². The molecule has 112 valence electrons. The van der Waals surface area contributed by atoms with Gasteiger partial charge in [-0.3, -0.25) is 4.79 Å².